The molecule has 1 aromatic carbocycles. The fourth-order valence-corrected chi connectivity index (χ4v) is 2.33. The van der Waals surface area contributed by atoms with Crippen LogP contribution in [-0.4, -0.2) is 22.2 Å². The molecule has 0 saturated heterocycles. The van der Waals surface area contributed by atoms with E-state index in [1.54, 1.807) is 0 Å². The zero-order valence-electron chi connectivity index (χ0n) is 9.63. The molecule has 0 amide bonds. The minimum atomic E-state index is -4.49. The third-order valence-electron chi connectivity index (χ3n) is 2.59. The number of carboxylic acid groups (broad SMARTS) is 1. The second-order valence-electron chi connectivity index (χ2n) is 4.02. The summed E-state index contributed by atoms with van der Waals surface area (Å²) < 4.78 is 37.4. The highest BCUT2D eigenvalue weighted by molar-refractivity contribution is 6.39. The van der Waals surface area contributed by atoms with Gasteiger partial charge < -0.3 is 5.11 Å². The van der Waals surface area contributed by atoms with Crippen molar-refractivity contribution in [3.63, 3.8) is 0 Å². The van der Waals surface area contributed by atoms with Crippen molar-refractivity contribution in [2.24, 2.45) is 0 Å². The van der Waals surface area contributed by atoms with Gasteiger partial charge in [-0.15, -0.1) is 0 Å². The molecule has 0 saturated carbocycles. The molecule has 106 valence electrons. The van der Waals surface area contributed by atoms with Crippen molar-refractivity contribution in [2.45, 2.75) is 12.6 Å². The van der Waals surface area contributed by atoms with Gasteiger partial charge in [0.1, 0.15) is 5.15 Å². The topological polar surface area (TPSA) is 50.2 Å². The molecule has 2 rings (SSSR count). The molecule has 1 N–H and O–H groups in total. The largest absolute Gasteiger partial charge is 0.478 e. The fraction of sp³-hybridized carbons (Fsp3) is 0.167. The summed E-state index contributed by atoms with van der Waals surface area (Å²) in [5.74, 6) is -1.21. The van der Waals surface area contributed by atoms with E-state index >= 15 is 0 Å². The smallest absolute Gasteiger partial charge is 0.393 e. The number of carboxylic acids is 1. The maximum absolute atomic E-state index is 12.5. The number of alkyl halides is 3. The summed E-state index contributed by atoms with van der Waals surface area (Å²) in [5.41, 5.74) is -0.228. The number of aromatic nitrogens is 1. The SMILES string of the molecule is O=C(O)c1ccc2nc(Cl)c(CC(F)(F)F)c(Cl)c2c1. The van der Waals surface area contributed by atoms with Crippen molar-refractivity contribution in [3.8, 4) is 0 Å². The fourth-order valence-electron chi connectivity index (χ4n) is 1.72. The van der Waals surface area contributed by atoms with Crippen LogP contribution < -0.4 is 0 Å². The molecule has 2 aromatic rings. The second kappa shape index (κ2) is 5.10. The molecule has 0 aliphatic heterocycles. The zero-order valence-corrected chi connectivity index (χ0v) is 11.1. The van der Waals surface area contributed by atoms with E-state index in [1.807, 2.05) is 0 Å². The molecule has 1 heterocycles. The third-order valence-corrected chi connectivity index (χ3v) is 3.33. The van der Waals surface area contributed by atoms with Crippen LogP contribution in [0.2, 0.25) is 10.2 Å². The molecule has 0 aliphatic carbocycles. The maximum Gasteiger partial charge on any atom is 0.393 e. The van der Waals surface area contributed by atoms with Gasteiger partial charge in [-0.2, -0.15) is 13.2 Å². The molecule has 3 nitrogen and oxygen atoms in total. The Morgan fingerprint density at radius 1 is 1.30 bits per heavy atom. The lowest BCUT2D eigenvalue weighted by molar-refractivity contribution is -0.127. The predicted molar refractivity (Wildman–Crippen MR) is 68.5 cm³/mol. The Bertz CT molecular complexity index is 701. The van der Waals surface area contributed by atoms with E-state index in [1.165, 1.54) is 18.2 Å². The lowest BCUT2D eigenvalue weighted by atomic mass is 10.1. The van der Waals surface area contributed by atoms with Gasteiger partial charge in [0.2, 0.25) is 0 Å². The molecule has 0 radical (unpaired) electrons. The van der Waals surface area contributed by atoms with Gasteiger partial charge in [-0.25, -0.2) is 9.78 Å². The standard InChI is InChI=1S/C12H6Cl2F3NO2/c13-9-6-3-5(11(19)20)1-2-8(6)18-10(14)7(9)4-12(15,16)17/h1-3H,4H2,(H,19,20). The van der Waals surface area contributed by atoms with Crippen LogP contribution >= 0.6 is 23.2 Å². The van der Waals surface area contributed by atoms with Crippen molar-refractivity contribution in [3.05, 3.63) is 39.5 Å². The Balaban J connectivity index is 2.68. The number of pyridine rings is 1. The minimum Gasteiger partial charge on any atom is -0.478 e. The molecule has 0 atom stereocenters. The van der Waals surface area contributed by atoms with Gasteiger partial charge in [0.25, 0.3) is 0 Å². The van der Waals surface area contributed by atoms with Crippen LogP contribution in [0.4, 0.5) is 13.2 Å². The molecule has 8 heteroatoms. The Labute approximate surface area is 120 Å². The highest BCUT2D eigenvalue weighted by Gasteiger charge is 2.31. The highest BCUT2D eigenvalue weighted by atomic mass is 35.5. The van der Waals surface area contributed by atoms with Gasteiger partial charge in [0, 0.05) is 10.9 Å². The average Bonchev–Trinajstić information content (AvgIpc) is 2.33. The average molecular weight is 324 g/mol. The van der Waals surface area contributed by atoms with Crippen molar-refractivity contribution in [1.82, 2.24) is 4.98 Å². The van der Waals surface area contributed by atoms with E-state index in [2.05, 4.69) is 4.98 Å². The Morgan fingerprint density at radius 2 is 1.95 bits per heavy atom. The number of halogens is 5. The van der Waals surface area contributed by atoms with Crippen LogP contribution in [0.1, 0.15) is 15.9 Å². The van der Waals surface area contributed by atoms with Crippen molar-refractivity contribution < 1.29 is 23.1 Å². The third kappa shape index (κ3) is 2.96. The summed E-state index contributed by atoms with van der Waals surface area (Å²) in [5, 5.41) is 8.42. The Kier molecular flexibility index (Phi) is 3.80. The summed E-state index contributed by atoms with van der Waals surface area (Å²) in [7, 11) is 0. The predicted octanol–water partition coefficient (Wildman–Crippen LogP) is 4.34. The number of carbonyl (C=O) groups is 1. The van der Waals surface area contributed by atoms with E-state index in [-0.39, 0.29) is 32.2 Å². The number of aromatic carboxylic acids is 1. The number of hydrogen-bond acceptors (Lipinski definition) is 2. The van der Waals surface area contributed by atoms with Crippen LogP contribution in [-0.2, 0) is 6.42 Å². The maximum atomic E-state index is 12.5. The number of nitrogens with zero attached hydrogens (tertiary/aromatic N) is 1. The number of rotatable bonds is 2. The lowest BCUT2D eigenvalue weighted by Gasteiger charge is -2.12. The van der Waals surface area contributed by atoms with Gasteiger partial charge in [-0.3, -0.25) is 0 Å². The van der Waals surface area contributed by atoms with Crippen LogP contribution in [0.25, 0.3) is 10.9 Å². The first-order chi connectivity index (χ1) is 9.19. The van der Waals surface area contributed by atoms with E-state index in [0.717, 1.165) is 0 Å². The first-order valence-corrected chi connectivity index (χ1v) is 6.02. The Morgan fingerprint density at radius 3 is 2.50 bits per heavy atom. The quantitative estimate of drug-likeness (QED) is 0.836. The van der Waals surface area contributed by atoms with Gasteiger partial charge in [0.15, 0.2) is 0 Å². The van der Waals surface area contributed by atoms with Crippen LogP contribution in [0.3, 0.4) is 0 Å². The van der Waals surface area contributed by atoms with Crippen LogP contribution in [0, 0.1) is 0 Å². The van der Waals surface area contributed by atoms with E-state index in [4.69, 9.17) is 28.3 Å². The molecule has 0 bridgehead atoms. The van der Waals surface area contributed by atoms with Gasteiger partial charge >= 0.3 is 12.1 Å². The van der Waals surface area contributed by atoms with Crippen molar-refractivity contribution in [2.75, 3.05) is 0 Å². The van der Waals surface area contributed by atoms with Crippen molar-refractivity contribution in [1.29, 1.82) is 0 Å². The van der Waals surface area contributed by atoms with Gasteiger partial charge in [-0.1, -0.05) is 23.2 Å². The van der Waals surface area contributed by atoms with Gasteiger partial charge in [0.05, 0.1) is 22.5 Å². The zero-order chi connectivity index (χ0) is 15.1. The molecular weight excluding hydrogens is 318 g/mol. The number of hydrogen-bond donors (Lipinski definition) is 1. The normalized spacial score (nSPS) is 11.8. The lowest BCUT2D eigenvalue weighted by Crippen LogP contribution is -2.13. The van der Waals surface area contributed by atoms with E-state index in [0.29, 0.717) is 0 Å². The summed E-state index contributed by atoms with van der Waals surface area (Å²) in [6.07, 6.45) is -5.82. The monoisotopic (exact) mass is 323 g/mol. The summed E-state index contributed by atoms with van der Waals surface area (Å²) >= 11 is 11.6. The summed E-state index contributed by atoms with van der Waals surface area (Å²) in [6, 6.07) is 3.78. The van der Waals surface area contributed by atoms with Crippen LogP contribution in [0.15, 0.2) is 18.2 Å². The first-order valence-electron chi connectivity index (χ1n) is 5.26. The van der Waals surface area contributed by atoms with Gasteiger partial charge in [-0.05, 0) is 18.2 Å². The molecule has 0 spiro atoms. The number of fused-ring (bicyclic) bond motifs is 1. The highest BCUT2D eigenvalue weighted by Crippen LogP contribution is 2.35. The van der Waals surface area contributed by atoms with Crippen molar-refractivity contribution >= 4 is 40.1 Å². The molecule has 20 heavy (non-hydrogen) atoms. The molecule has 1 aromatic heterocycles. The molecule has 0 fully saturated rings. The van der Waals surface area contributed by atoms with E-state index < -0.39 is 18.6 Å². The first kappa shape index (κ1) is 14.9. The van der Waals surface area contributed by atoms with Crippen LogP contribution in [0.5, 0.6) is 0 Å². The minimum absolute atomic E-state index is 0.0959. The van der Waals surface area contributed by atoms with E-state index in [9.17, 15) is 18.0 Å². The summed E-state index contributed by atoms with van der Waals surface area (Å²) in [6.45, 7) is 0. The number of benzene rings is 1. The molecular formula is C12H6Cl2F3NO2. The summed E-state index contributed by atoms with van der Waals surface area (Å²) in [4.78, 5) is 14.7. The molecule has 0 aliphatic rings. The Hall–Kier alpha value is -1.53. The molecule has 0 unspecified atom stereocenters. The second-order valence-corrected chi connectivity index (χ2v) is 4.76.